The van der Waals surface area contributed by atoms with E-state index in [2.05, 4.69) is 10.5 Å². The van der Waals surface area contributed by atoms with Crippen molar-refractivity contribution in [2.75, 3.05) is 26.3 Å². The molecule has 0 aromatic carbocycles. The molecule has 19 heavy (non-hydrogen) atoms. The zero-order chi connectivity index (χ0) is 14.7. The third-order valence-corrected chi connectivity index (χ3v) is 2.87. The number of amidine groups is 1. The molecule has 0 aliphatic rings. The lowest BCUT2D eigenvalue weighted by Gasteiger charge is -2.22. The van der Waals surface area contributed by atoms with Crippen molar-refractivity contribution in [1.82, 2.24) is 5.32 Å². The zero-order valence-electron chi connectivity index (χ0n) is 11.8. The van der Waals surface area contributed by atoms with Crippen LogP contribution < -0.4 is 16.8 Å². The molecule has 0 spiro atoms. The van der Waals surface area contributed by atoms with Gasteiger partial charge in [-0.25, -0.2) is 0 Å². The van der Waals surface area contributed by atoms with Crippen molar-refractivity contribution < 1.29 is 14.7 Å². The van der Waals surface area contributed by atoms with Gasteiger partial charge in [0.1, 0.15) is 12.4 Å². The highest BCUT2D eigenvalue weighted by atomic mass is 16.5. The van der Waals surface area contributed by atoms with Crippen LogP contribution in [0.4, 0.5) is 0 Å². The molecule has 7 nitrogen and oxygen atoms in total. The standard InChI is InChI=1S/C12H26N4O3/c1-12(2,11(14)16-18)5-3-4-6-15-7-8-19-9-10(13)17/h15,18H,3-9H2,1-2H3,(H2,13,17)(H2,14,16). The van der Waals surface area contributed by atoms with E-state index >= 15 is 0 Å². The summed E-state index contributed by atoms with van der Waals surface area (Å²) in [5.74, 6) is -0.189. The number of unbranched alkanes of at least 4 members (excludes halogenated alkanes) is 1. The van der Waals surface area contributed by atoms with Gasteiger partial charge < -0.3 is 26.7 Å². The van der Waals surface area contributed by atoms with Gasteiger partial charge in [0.15, 0.2) is 0 Å². The van der Waals surface area contributed by atoms with E-state index in [-0.39, 0.29) is 17.9 Å². The van der Waals surface area contributed by atoms with Gasteiger partial charge in [0.2, 0.25) is 5.91 Å². The van der Waals surface area contributed by atoms with Gasteiger partial charge in [-0.15, -0.1) is 0 Å². The number of hydrogen-bond donors (Lipinski definition) is 4. The molecule has 0 aromatic heterocycles. The summed E-state index contributed by atoms with van der Waals surface area (Å²) < 4.78 is 5.00. The summed E-state index contributed by atoms with van der Waals surface area (Å²) >= 11 is 0. The smallest absolute Gasteiger partial charge is 0.243 e. The van der Waals surface area contributed by atoms with Crippen molar-refractivity contribution in [3.8, 4) is 0 Å². The Balaban J connectivity index is 3.43. The third kappa shape index (κ3) is 9.26. The second kappa shape index (κ2) is 9.57. The molecule has 6 N–H and O–H groups in total. The minimum absolute atomic E-state index is 0.0321. The molecule has 1 amide bonds. The summed E-state index contributed by atoms with van der Waals surface area (Å²) in [6.45, 7) is 5.90. The average molecular weight is 274 g/mol. The lowest BCUT2D eigenvalue weighted by atomic mass is 9.86. The first-order chi connectivity index (χ1) is 8.90. The van der Waals surface area contributed by atoms with E-state index in [1.165, 1.54) is 0 Å². The maximum atomic E-state index is 10.4. The minimum Gasteiger partial charge on any atom is -0.409 e. The molecule has 112 valence electrons. The molecule has 0 radical (unpaired) electrons. The quantitative estimate of drug-likeness (QED) is 0.139. The number of carbonyl (C=O) groups is 1. The van der Waals surface area contributed by atoms with Crippen LogP contribution in [0.2, 0.25) is 0 Å². The van der Waals surface area contributed by atoms with E-state index in [1.807, 2.05) is 13.8 Å². The Morgan fingerprint density at radius 3 is 2.58 bits per heavy atom. The van der Waals surface area contributed by atoms with E-state index in [9.17, 15) is 4.79 Å². The van der Waals surface area contributed by atoms with Crippen molar-refractivity contribution in [3.63, 3.8) is 0 Å². The van der Waals surface area contributed by atoms with Gasteiger partial charge >= 0.3 is 0 Å². The van der Waals surface area contributed by atoms with Crippen LogP contribution in [0.1, 0.15) is 33.1 Å². The fraction of sp³-hybridized carbons (Fsp3) is 0.833. The van der Waals surface area contributed by atoms with E-state index in [1.54, 1.807) is 0 Å². The lowest BCUT2D eigenvalue weighted by Crippen LogP contribution is -2.32. The van der Waals surface area contributed by atoms with Gasteiger partial charge in [0.25, 0.3) is 0 Å². The van der Waals surface area contributed by atoms with Crippen LogP contribution in [0, 0.1) is 5.41 Å². The van der Waals surface area contributed by atoms with E-state index in [0.717, 1.165) is 25.8 Å². The van der Waals surface area contributed by atoms with Crippen LogP contribution in [0.3, 0.4) is 0 Å². The Kier molecular flexibility index (Phi) is 8.90. The van der Waals surface area contributed by atoms with Gasteiger partial charge in [0, 0.05) is 12.0 Å². The van der Waals surface area contributed by atoms with Crippen molar-refractivity contribution in [2.45, 2.75) is 33.1 Å². The van der Waals surface area contributed by atoms with Gasteiger partial charge in [-0.05, 0) is 19.4 Å². The second-order valence-electron chi connectivity index (χ2n) is 5.10. The number of oxime groups is 1. The Hall–Kier alpha value is -1.34. The highest BCUT2D eigenvalue weighted by Crippen LogP contribution is 2.22. The normalized spacial score (nSPS) is 12.6. The molecule has 0 atom stereocenters. The van der Waals surface area contributed by atoms with E-state index in [4.69, 9.17) is 21.4 Å². The highest BCUT2D eigenvalue weighted by Gasteiger charge is 2.22. The predicted octanol–water partition coefficient (Wildman–Crippen LogP) is 0.0208. The van der Waals surface area contributed by atoms with Crippen molar-refractivity contribution in [2.24, 2.45) is 22.0 Å². The van der Waals surface area contributed by atoms with E-state index in [0.29, 0.717) is 13.2 Å². The number of ether oxygens (including phenoxy) is 1. The fourth-order valence-corrected chi connectivity index (χ4v) is 1.52. The Bertz CT molecular complexity index is 293. The summed E-state index contributed by atoms with van der Waals surface area (Å²) in [4.78, 5) is 10.4. The highest BCUT2D eigenvalue weighted by molar-refractivity contribution is 5.85. The number of rotatable bonds is 11. The summed E-state index contributed by atoms with van der Waals surface area (Å²) in [6, 6.07) is 0. The average Bonchev–Trinajstić information content (AvgIpc) is 2.35. The first kappa shape index (κ1) is 17.7. The van der Waals surface area contributed by atoms with Crippen molar-refractivity contribution in [3.05, 3.63) is 0 Å². The molecule has 0 aliphatic heterocycles. The number of hydrogen-bond acceptors (Lipinski definition) is 5. The van der Waals surface area contributed by atoms with Crippen LogP contribution >= 0.6 is 0 Å². The summed E-state index contributed by atoms with van der Waals surface area (Å²) in [7, 11) is 0. The summed E-state index contributed by atoms with van der Waals surface area (Å²) in [5, 5.41) is 14.9. The molecule has 0 rings (SSSR count). The first-order valence-electron chi connectivity index (χ1n) is 6.45. The first-order valence-corrected chi connectivity index (χ1v) is 6.45. The van der Waals surface area contributed by atoms with Crippen LogP contribution in [0.15, 0.2) is 5.16 Å². The third-order valence-electron chi connectivity index (χ3n) is 2.87. The van der Waals surface area contributed by atoms with Gasteiger partial charge in [0.05, 0.1) is 6.61 Å². The maximum absolute atomic E-state index is 10.4. The summed E-state index contributed by atoms with van der Waals surface area (Å²) in [6.07, 6.45) is 2.85. The summed E-state index contributed by atoms with van der Waals surface area (Å²) in [5.41, 5.74) is 10.3. The van der Waals surface area contributed by atoms with Crippen molar-refractivity contribution >= 4 is 11.7 Å². The van der Waals surface area contributed by atoms with Crippen molar-refractivity contribution in [1.29, 1.82) is 0 Å². The Morgan fingerprint density at radius 2 is 2.00 bits per heavy atom. The molecule has 0 aromatic rings. The lowest BCUT2D eigenvalue weighted by molar-refractivity contribution is -0.122. The molecule has 0 bridgehead atoms. The fourth-order valence-electron chi connectivity index (χ4n) is 1.52. The second-order valence-corrected chi connectivity index (χ2v) is 5.10. The molecule has 0 saturated carbocycles. The van der Waals surface area contributed by atoms with E-state index < -0.39 is 5.91 Å². The monoisotopic (exact) mass is 274 g/mol. The molecular weight excluding hydrogens is 248 g/mol. The minimum atomic E-state index is -0.453. The zero-order valence-corrected chi connectivity index (χ0v) is 11.8. The van der Waals surface area contributed by atoms with Crippen LogP contribution in [0.5, 0.6) is 0 Å². The number of nitrogens with zero attached hydrogens (tertiary/aromatic N) is 1. The van der Waals surface area contributed by atoms with Gasteiger partial charge in [-0.1, -0.05) is 25.4 Å². The molecular formula is C12H26N4O3. The number of primary amides is 1. The molecule has 7 heteroatoms. The molecule has 0 heterocycles. The number of carbonyl (C=O) groups excluding carboxylic acids is 1. The molecule has 0 aliphatic carbocycles. The Morgan fingerprint density at radius 1 is 1.32 bits per heavy atom. The predicted molar refractivity (Wildman–Crippen MR) is 73.9 cm³/mol. The molecule has 0 fully saturated rings. The van der Waals surface area contributed by atoms with Crippen LogP contribution in [-0.2, 0) is 9.53 Å². The van der Waals surface area contributed by atoms with Crippen LogP contribution in [0.25, 0.3) is 0 Å². The van der Waals surface area contributed by atoms with Crippen LogP contribution in [-0.4, -0.2) is 43.3 Å². The number of amides is 1. The number of nitrogens with two attached hydrogens (primary N) is 2. The van der Waals surface area contributed by atoms with Gasteiger partial charge in [-0.2, -0.15) is 0 Å². The number of nitrogens with one attached hydrogen (secondary N) is 1. The SMILES string of the molecule is CC(C)(CCCCNCCOCC(N)=O)C(N)=NO. The largest absolute Gasteiger partial charge is 0.409 e. The van der Waals surface area contributed by atoms with Gasteiger partial charge in [-0.3, -0.25) is 4.79 Å². The topological polar surface area (TPSA) is 123 Å². The maximum Gasteiger partial charge on any atom is 0.243 e. The Labute approximate surface area is 114 Å². The molecule has 0 saturated heterocycles. The molecule has 0 unspecified atom stereocenters.